The summed E-state index contributed by atoms with van der Waals surface area (Å²) in [6, 6.07) is 21.8. The average Bonchev–Trinajstić information content (AvgIpc) is 2.83. The molecule has 0 fully saturated rings. The fraction of sp³-hybridized carbons (Fsp3) is 0.143. The van der Waals surface area contributed by atoms with Gasteiger partial charge < -0.3 is 16.4 Å². The van der Waals surface area contributed by atoms with E-state index in [-0.39, 0.29) is 0 Å². The number of nitrogens with one attached hydrogen (secondary N) is 2. The third-order valence-corrected chi connectivity index (χ3v) is 6.41. The molecule has 0 saturated heterocycles. The van der Waals surface area contributed by atoms with Gasteiger partial charge in [-0.25, -0.2) is 0 Å². The van der Waals surface area contributed by atoms with Crippen molar-refractivity contribution < 1.29 is 0 Å². The number of nitrogens with zero attached hydrogens (tertiary/aromatic N) is 2. The number of hydrogen-bond donors (Lipinski definition) is 3. The smallest absolute Gasteiger partial charge is 0.0737 e. The normalized spacial score (nSPS) is 11.1. The van der Waals surface area contributed by atoms with E-state index < -0.39 is 0 Å². The number of halogens is 2. The summed E-state index contributed by atoms with van der Waals surface area (Å²) >= 11 is 12.2. The highest BCUT2D eigenvalue weighted by molar-refractivity contribution is 6.31. The molecular formula is C28H25Cl2N5. The van der Waals surface area contributed by atoms with Gasteiger partial charge in [0.2, 0.25) is 0 Å². The molecule has 176 valence electrons. The molecule has 5 nitrogen and oxygen atoms in total. The van der Waals surface area contributed by atoms with Crippen molar-refractivity contribution in [1.82, 2.24) is 9.97 Å². The van der Waals surface area contributed by atoms with E-state index in [4.69, 9.17) is 28.9 Å². The van der Waals surface area contributed by atoms with Crippen molar-refractivity contribution in [1.29, 1.82) is 0 Å². The number of anilines is 3. The van der Waals surface area contributed by atoms with Crippen LogP contribution < -0.4 is 16.4 Å². The van der Waals surface area contributed by atoms with Gasteiger partial charge in [0.15, 0.2) is 0 Å². The van der Waals surface area contributed by atoms with Crippen molar-refractivity contribution in [2.75, 3.05) is 29.5 Å². The number of fused-ring (bicyclic) bond motifs is 2. The molecule has 2 heterocycles. The first-order chi connectivity index (χ1) is 17.0. The maximum Gasteiger partial charge on any atom is 0.0737 e. The van der Waals surface area contributed by atoms with Gasteiger partial charge >= 0.3 is 0 Å². The molecular weight excluding hydrogens is 477 g/mol. The number of aromatic nitrogens is 2. The zero-order valence-corrected chi connectivity index (χ0v) is 20.6. The van der Waals surface area contributed by atoms with Crippen LogP contribution in [0.1, 0.15) is 11.1 Å². The summed E-state index contributed by atoms with van der Waals surface area (Å²) in [4.78, 5) is 8.81. The molecule has 4 N–H and O–H groups in total. The lowest BCUT2D eigenvalue weighted by molar-refractivity contribution is 0.988. The number of rotatable bonds is 8. The Morgan fingerprint density at radius 1 is 0.629 bits per heavy atom. The molecule has 7 heteroatoms. The molecule has 0 radical (unpaired) electrons. The Balaban J connectivity index is 1.21. The van der Waals surface area contributed by atoms with E-state index in [9.17, 15) is 0 Å². The molecule has 0 atom stereocenters. The van der Waals surface area contributed by atoms with Crippen LogP contribution in [0, 0.1) is 0 Å². The second kappa shape index (κ2) is 10.4. The molecule has 2 aromatic heterocycles. The van der Waals surface area contributed by atoms with Crippen LogP contribution in [-0.4, -0.2) is 23.1 Å². The maximum absolute atomic E-state index is 6.22. The van der Waals surface area contributed by atoms with Gasteiger partial charge in [-0.1, -0.05) is 29.3 Å². The Morgan fingerprint density at radius 3 is 1.60 bits per heavy atom. The average molecular weight is 502 g/mol. The quantitative estimate of drug-likeness (QED) is 0.200. The Labute approximate surface area is 214 Å². The second-order valence-electron chi connectivity index (χ2n) is 8.48. The Hall–Kier alpha value is -3.54. The van der Waals surface area contributed by atoms with Crippen molar-refractivity contribution in [2.45, 2.75) is 12.8 Å². The second-order valence-corrected chi connectivity index (χ2v) is 9.35. The lowest BCUT2D eigenvalue weighted by atomic mass is 10.0. The Morgan fingerprint density at radius 2 is 1.11 bits per heavy atom. The van der Waals surface area contributed by atoms with E-state index in [1.807, 2.05) is 60.7 Å². The molecule has 0 spiro atoms. The largest absolute Gasteiger partial charge is 0.399 e. The van der Waals surface area contributed by atoms with Crippen molar-refractivity contribution >= 4 is 62.1 Å². The summed E-state index contributed by atoms with van der Waals surface area (Å²) in [5.41, 5.74) is 13.3. The first-order valence-electron chi connectivity index (χ1n) is 11.5. The highest BCUT2D eigenvalue weighted by Crippen LogP contribution is 2.26. The molecule has 0 aliphatic carbocycles. The number of hydrogen-bond acceptors (Lipinski definition) is 5. The van der Waals surface area contributed by atoms with E-state index >= 15 is 0 Å². The first kappa shape index (κ1) is 23.2. The summed E-state index contributed by atoms with van der Waals surface area (Å²) < 4.78 is 0. The zero-order chi connectivity index (χ0) is 24.2. The summed E-state index contributed by atoms with van der Waals surface area (Å²) in [6.45, 7) is 1.57. The van der Waals surface area contributed by atoms with Gasteiger partial charge in [-0.15, -0.1) is 0 Å². The van der Waals surface area contributed by atoms with Crippen LogP contribution in [0.3, 0.4) is 0 Å². The minimum absolute atomic E-state index is 0.686. The molecule has 5 rings (SSSR count). The minimum atomic E-state index is 0.686. The van der Waals surface area contributed by atoms with Crippen LogP contribution in [-0.2, 0) is 12.8 Å². The number of nitrogen functional groups attached to an aromatic ring is 1. The highest BCUT2D eigenvalue weighted by atomic mass is 35.5. The predicted molar refractivity (Wildman–Crippen MR) is 149 cm³/mol. The predicted octanol–water partition coefficient (Wildman–Crippen LogP) is 6.98. The minimum Gasteiger partial charge on any atom is -0.399 e. The van der Waals surface area contributed by atoms with Gasteiger partial charge in [-0.3, -0.25) is 9.97 Å². The zero-order valence-electron chi connectivity index (χ0n) is 19.1. The summed E-state index contributed by atoms with van der Waals surface area (Å²) in [6.07, 6.45) is 5.32. The van der Waals surface area contributed by atoms with Gasteiger partial charge in [-0.2, -0.15) is 0 Å². The molecule has 3 aromatic carbocycles. The van der Waals surface area contributed by atoms with E-state index in [0.717, 1.165) is 64.8 Å². The molecule has 0 aliphatic rings. The number of benzene rings is 3. The number of nitrogens with two attached hydrogens (primary N) is 1. The Kier molecular flexibility index (Phi) is 6.89. The standard InChI is InChI=1S/C28H25Cl2N5/c29-20-1-3-23-25(7-11-34-27(23)16-20)32-9-5-18-13-19(15-22(31)14-18)6-10-33-26-8-12-35-28-17-21(30)2-4-24(26)28/h1-4,7-8,11-17H,5-6,9-10,31H2,(H,32,34)(H,33,35). The van der Waals surface area contributed by atoms with Crippen LogP contribution >= 0.6 is 23.2 Å². The van der Waals surface area contributed by atoms with Crippen molar-refractivity contribution in [3.05, 3.63) is 100 Å². The lowest BCUT2D eigenvalue weighted by Gasteiger charge is -2.12. The van der Waals surface area contributed by atoms with E-state index in [1.165, 1.54) is 11.1 Å². The first-order valence-corrected chi connectivity index (χ1v) is 12.3. The van der Waals surface area contributed by atoms with Crippen LogP contribution in [0.2, 0.25) is 10.0 Å². The van der Waals surface area contributed by atoms with Crippen LogP contribution in [0.25, 0.3) is 21.8 Å². The maximum atomic E-state index is 6.22. The van der Waals surface area contributed by atoms with Gasteiger partial charge in [0.1, 0.15) is 0 Å². The molecule has 0 amide bonds. The third-order valence-electron chi connectivity index (χ3n) is 5.94. The Bertz CT molecular complexity index is 1390. The summed E-state index contributed by atoms with van der Waals surface area (Å²) in [7, 11) is 0. The van der Waals surface area contributed by atoms with E-state index in [1.54, 1.807) is 12.4 Å². The highest BCUT2D eigenvalue weighted by Gasteiger charge is 2.06. The lowest BCUT2D eigenvalue weighted by Crippen LogP contribution is -2.08. The van der Waals surface area contributed by atoms with Crippen molar-refractivity contribution in [2.24, 2.45) is 0 Å². The van der Waals surface area contributed by atoms with Gasteiger partial charge in [0, 0.05) is 63.4 Å². The molecule has 0 bridgehead atoms. The van der Waals surface area contributed by atoms with Crippen molar-refractivity contribution in [3.63, 3.8) is 0 Å². The third kappa shape index (κ3) is 5.59. The van der Waals surface area contributed by atoms with Crippen LogP contribution in [0.4, 0.5) is 17.1 Å². The number of pyridine rings is 2. The fourth-order valence-electron chi connectivity index (χ4n) is 4.31. The van der Waals surface area contributed by atoms with Gasteiger partial charge in [0.05, 0.1) is 11.0 Å². The van der Waals surface area contributed by atoms with Crippen LogP contribution in [0.5, 0.6) is 0 Å². The SMILES string of the molecule is Nc1cc(CCNc2ccnc3cc(Cl)ccc23)cc(CCNc2ccnc3cc(Cl)ccc23)c1. The molecule has 35 heavy (non-hydrogen) atoms. The van der Waals surface area contributed by atoms with Gasteiger partial charge in [-0.05, 0) is 84.6 Å². The monoisotopic (exact) mass is 501 g/mol. The van der Waals surface area contributed by atoms with Gasteiger partial charge in [0.25, 0.3) is 0 Å². The van der Waals surface area contributed by atoms with E-state index in [2.05, 4.69) is 26.7 Å². The topological polar surface area (TPSA) is 75.9 Å². The molecule has 0 saturated carbocycles. The summed E-state index contributed by atoms with van der Waals surface area (Å²) in [5.74, 6) is 0. The molecule has 0 unspecified atom stereocenters. The van der Waals surface area contributed by atoms with Crippen molar-refractivity contribution in [3.8, 4) is 0 Å². The fourth-order valence-corrected chi connectivity index (χ4v) is 4.65. The molecule has 5 aromatic rings. The van der Waals surface area contributed by atoms with E-state index in [0.29, 0.717) is 10.0 Å². The molecule has 0 aliphatic heterocycles. The summed E-state index contributed by atoms with van der Waals surface area (Å²) in [5, 5.41) is 10.5. The van der Waals surface area contributed by atoms with Crippen LogP contribution in [0.15, 0.2) is 79.1 Å².